The third kappa shape index (κ3) is 20.7. The lowest BCUT2D eigenvalue weighted by molar-refractivity contribution is -0.269. The average Bonchev–Trinajstić information content (AvgIpc) is 1.45. The van der Waals surface area contributed by atoms with Gasteiger partial charge in [-0.05, 0) is 249 Å². The quantitative estimate of drug-likeness (QED) is 0.0294. The maximum absolute atomic E-state index is 7.46. The van der Waals surface area contributed by atoms with Gasteiger partial charge in [0.15, 0.2) is 0 Å². The molecule has 0 bridgehead atoms. The van der Waals surface area contributed by atoms with E-state index in [1.807, 2.05) is 0 Å². The summed E-state index contributed by atoms with van der Waals surface area (Å²) in [5.74, 6) is 0.868. The highest BCUT2D eigenvalue weighted by atomic mass is 16.7. The highest BCUT2D eigenvalue weighted by Crippen LogP contribution is 2.50. The molecule has 0 saturated heterocycles. The Morgan fingerprint density at radius 2 is 0.718 bits per heavy atom. The van der Waals surface area contributed by atoms with E-state index in [4.69, 9.17) is 19.4 Å². The number of rotatable bonds is 33. The van der Waals surface area contributed by atoms with Crippen molar-refractivity contribution in [3.05, 3.63) is 329 Å². The Bertz CT molecular complexity index is 5130. The summed E-state index contributed by atoms with van der Waals surface area (Å²) < 4.78 is 0. The highest BCUT2D eigenvalue weighted by Gasteiger charge is 2.39. The van der Waals surface area contributed by atoms with E-state index in [1.165, 1.54) is 39.0 Å². The molecule has 12 rings (SSSR count). The van der Waals surface area contributed by atoms with Gasteiger partial charge in [0, 0.05) is 75.5 Å². The molecule has 614 valence electrons. The van der Waals surface area contributed by atoms with Gasteiger partial charge in [0.25, 0.3) is 0 Å². The second-order valence-corrected chi connectivity index (χ2v) is 36.9. The lowest BCUT2D eigenvalue weighted by Gasteiger charge is -2.44. The first-order chi connectivity index (χ1) is 55.9. The minimum absolute atomic E-state index is 0.0100. The summed E-state index contributed by atoms with van der Waals surface area (Å²) in [6, 6.07) is 94.3. The van der Waals surface area contributed by atoms with Gasteiger partial charge in [-0.3, -0.25) is 19.4 Å². The van der Waals surface area contributed by atoms with Gasteiger partial charge in [-0.1, -0.05) is 273 Å². The zero-order valence-electron chi connectivity index (χ0n) is 74.1. The van der Waals surface area contributed by atoms with Gasteiger partial charge < -0.3 is 9.80 Å². The van der Waals surface area contributed by atoms with Crippen LogP contribution < -0.4 is 9.80 Å². The van der Waals surface area contributed by atoms with Crippen LogP contribution in [0.4, 0.5) is 28.4 Å². The van der Waals surface area contributed by atoms with Crippen molar-refractivity contribution in [1.29, 1.82) is 0 Å². The van der Waals surface area contributed by atoms with Crippen molar-refractivity contribution in [3.8, 4) is 0 Å². The van der Waals surface area contributed by atoms with E-state index in [2.05, 4.69) is 461 Å². The molecule has 1 aliphatic carbocycles. The third-order valence-electron chi connectivity index (χ3n) is 22.8. The van der Waals surface area contributed by atoms with E-state index in [-0.39, 0.29) is 77.2 Å². The average molecular weight is 1570 g/mol. The number of hydrogen-bond donors (Lipinski definition) is 0. The summed E-state index contributed by atoms with van der Waals surface area (Å²) in [4.78, 5) is 34.1. The molecule has 0 radical (unpaired) electrons. The van der Waals surface area contributed by atoms with Crippen LogP contribution in [0.2, 0.25) is 0 Å². The standard InChI is InChI=1S/C107H132N6O4/c1-23-99(84-46-28-24-29-47-84)111(105(14,15)16)114-77(10)66-81-44-42-56-90(68-81)108(89-64-62-83(63-65-89)79(12)116-110(76(8)9)102(73(2)3)85-48-30-25-31-49-85)100-71-97-94-59-39-41-61-96(94)101(72-98(97)93-58-38-40-60-95(93)100)109(91-57-43-45-82(69-91)67-78(11)115-112(106(17,18)19)103(74(4)5)86-50-32-26-33-51-86)92-55-37-36-54-88(70-92)80(13)117-113(107(20,21)22)104(75(6)7)87-52-34-27-35-53-87/h24-65,68-69,71-80,99,102-104H,23,66-67,70H2,1-22H3. The SMILES string of the molecule is CCC(c1ccccc1)N(OC(C)Cc1cccc(N(c2ccc(C(C)ON(C(C)C)C(c3ccccc3)C(C)C)cc2)c2cc3c4ccccc4c(N(C4=CC=CC=C(C(C)ON(C(c5ccccc5)C(C)C)C(C)(C)C)C4)c4cccc(CC(C)ON(C(c5ccccc5)C(C)C)C(C)(C)C)c4)cc3c3ccccc23)c1)C(C)(C)C. The first-order valence-electron chi connectivity index (χ1n) is 43.2. The minimum atomic E-state index is -0.332. The monoisotopic (exact) mass is 1570 g/mol. The highest BCUT2D eigenvalue weighted by molar-refractivity contribution is 6.24. The fourth-order valence-corrected chi connectivity index (χ4v) is 17.5. The van der Waals surface area contributed by atoms with E-state index >= 15 is 0 Å². The molecule has 0 heterocycles. The fourth-order valence-electron chi connectivity index (χ4n) is 17.5. The summed E-state index contributed by atoms with van der Waals surface area (Å²) in [7, 11) is 0. The number of fused-ring (bicyclic) bond motifs is 5. The van der Waals surface area contributed by atoms with Crippen LogP contribution in [-0.4, -0.2) is 61.2 Å². The summed E-state index contributed by atoms with van der Waals surface area (Å²) in [6.45, 7) is 49.7. The molecule has 0 aliphatic heterocycles. The minimum Gasteiger partial charge on any atom is -0.313 e. The van der Waals surface area contributed by atoms with Crippen LogP contribution in [0.3, 0.4) is 0 Å². The second kappa shape index (κ2) is 38.2. The van der Waals surface area contributed by atoms with Crippen molar-refractivity contribution in [2.45, 2.75) is 249 Å². The predicted octanol–water partition coefficient (Wildman–Crippen LogP) is 28.9. The molecular weight excluding hydrogens is 1430 g/mol. The van der Waals surface area contributed by atoms with E-state index in [0.29, 0.717) is 31.1 Å². The molecule has 0 aromatic heterocycles. The first-order valence-corrected chi connectivity index (χ1v) is 43.2. The zero-order chi connectivity index (χ0) is 83.6. The number of hydroxylamine groups is 8. The number of nitrogens with zero attached hydrogens (tertiary/aromatic N) is 6. The van der Waals surface area contributed by atoms with Crippen LogP contribution in [0.15, 0.2) is 290 Å². The number of hydrogen-bond acceptors (Lipinski definition) is 10. The first kappa shape index (κ1) is 87.0. The van der Waals surface area contributed by atoms with E-state index in [0.717, 1.165) is 78.4 Å². The summed E-state index contributed by atoms with van der Waals surface area (Å²) in [5.41, 5.74) is 15.1. The summed E-state index contributed by atoms with van der Waals surface area (Å²) in [6.07, 6.45) is 11.1. The predicted molar refractivity (Wildman–Crippen MR) is 494 cm³/mol. The molecule has 0 saturated carbocycles. The van der Waals surface area contributed by atoms with Gasteiger partial charge in [-0.25, -0.2) is 0 Å². The summed E-state index contributed by atoms with van der Waals surface area (Å²) in [5, 5.41) is 15.9. The molecule has 10 heteroatoms. The summed E-state index contributed by atoms with van der Waals surface area (Å²) >= 11 is 0. The van der Waals surface area contributed by atoms with E-state index < -0.39 is 0 Å². The van der Waals surface area contributed by atoms with E-state index in [9.17, 15) is 0 Å². The van der Waals surface area contributed by atoms with E-state index in [1.54, 1.807) is 0 Å². The molecule has 0 fully saturated rings. The van der Waals surface area contributed by atoms with Crippen LogP contribution in [0.1, 0.15) is 234 Å². The normalized spacial score (nSPS) is 15.4. The Morgan fingerprint density at radius 3 is 1.15 bits per heavy atom. The topological polar surface area (TPSA) is 56.4 Å². The molecule has 0 spiro atoms. The van der Waals surface area contributed by atoms with Gasteiger partial charge in [-0.2, -0.15) is 20.3 Å². The van der Waals surface area contributed by atoms with Gasteiger partial charge in [-0.15, -0.1) is 0 Å². The number of anilines is 5. The van der Waals surface area contributed by atoms with Gasteiger partial charge in [0.1, 0.15) is 6.10 Å². The molecular formula is C107H132N6O4. The maximum atomic E-state index is 7.46. The molecule has 8 atom stereocenters. The molecule has 11 aromatic rings. The van der Waals surface area contributed by atoms with Gasteiger partial charge in [0.2, 0.25) is 0 Å². The van der Waals surface area contributed by atoms with Crippen molar-refractivity contribution in [1.82, 2.24) is 20.3 Å². The molecule has 11 aromatic carbocycles. The maximum Gasteiger partial charge on any atom is 0.101 e. The van der Waals surface area contributed by atoms with Crippen molar-refractivity contribution in [2.75, 3.05) is 9.80 Å². The van der Waals surface area contributed by atoms with Crippen LogP contribution in [0.5, 0.6) is 0 Å². The molecule has 0 N–H and O–H groups in total. The Labute approximate surface area is 702 Å². The zero-order valence-corrected chi connectivity index (χ0v) is 74.1. The fraction of sp³-hybridized carbons (Fsp3) is 0.383. The van der Waals surface area contributed by atoms with Crippen molar-refractivity contribution >= 4 is 60.8 Å². The Hall–Kier alpha value is -9.30. The van der Waals surface area contributed by atoms with Crippen LogP contribution in [-0.2, 0) is 32.2 Å². The molecule has 117 heavy (non-hydrogen) atoms. The lowest BCUT2D eigenvalue weighted by atomic mass is 9.92. The van der Waals surface area contributed by atoms with Crippen LogP contribution in [0.25, 0.3) is 32.3 Å². The molecule has 8 unspecified atom stereocenters. The lowest BCUT2D eigenvalue weighted by Crippen LogP contribution is -2.47. The molecule has 0 amide bonds. The van der Waals surface area contributed by atoms with Gasteiger partial charge in [0.05, 0.1) is 53.9 Å². The molecule has 10 nitrogen and oxygen atoms in total. The third-order valence-corrected chi connectivity index (χ3v) is 22.8. The molecule has 1 aliphatic rings. The largest absolute Gasteiger partial charge is 0.313 e. The van der Waals surface area contributed by atoms with Crippen LogP contribution >= 0.6 is 0 Å². The Balaban J connectivity index is 1.000. The van der Waals surface area contributed by atoms with Crippen LogP contribution in [0, 0.1) is 17.8 Å². The van der Waals surface area contributed by atoms with Crippen molar-refractivity contribution < 1.29 is 19.4 Å². The number of allylic oxidation sites excluding steroid dienone is 5. The Kier molecular flexibility index (Phi) is 28.4. The van der Waals surface area contributed by atoms with Crippen molar-refractivity contribution in [3.63, 3.8) is 0 Å². The number of benzene rings is 11. The van der Waals surface area contributed by atoms with Crippen molar-refractivity contribution in [2.24, 2.45) is 17.8 Å². The van der Waals surface area contributed by atoms with Gasteiger partial charge >= 0.3 is 0 Å². The second-order valence-electron chi connectivity index (χ2n) is 36.9. The Morgan fingerprint density at radius 1 is 0.325 bits per heavy atom. The smallest absolute Gasteiger partial charge is 0.101 e.